The SMILES string of the molecule is Cc1nc(CN(C)C(c2ccccc2F)C(C)N)cs1. The average Bonchev–Trinajstić information content (AvgIpc) is 2.77. The molecule has 2 aromatic rings. The minimum Gasteiger partial charge on any atom is -0.326 e. The monoisotopic (exact) mass is 293 g/mol. The predicted octanol–water partition coefficient (Wildman–Crippen LogP) is 3.11. The summed E-state index contributed by atoms with van der Waals surface area (Å²) in [6.45, 7) is 4.54. The van der Waals surface area contributed by atoms with Gasteiger partial charge in [-0.2, -0.15) is 0 Å². The third-order valence-electron chi connectivity index (χ3n) is 3.27. The van der Waals surface area contributed by atoms with Crippen LogP contribution < -0.4 is 5.73 Å². The molecule has 0 spiro atoms. The Bertz CT molecular complexity index is 568. The van der Waals surface area contributed by atoms with Gasteiger partial charge in [0.25, 0.3) is 0 Å². The lowest BCUT2D eigenvalue weighted by Crippen LogP contribution is -2.37. The fourth-order valence-electron chi connectivity index (χ4n) is 2.47. The van der Waals surface area contributed by atoms with E-state index in [1.807, 2.05) is 32.3 Å². The fourth-order valence-corrected chi connectivity index (χ4v) is 3.08. The van der Waals surface area contributed by atoms with E-state index >= 15 is 0 Å². The van der Waals surface area contributed by atoms with Gasteiger partial charge in [0.1, 0.15) is 5.82 Å². The Kier molecular flexibility index (Phi) is 4.86. The van der Waals surface area contributed by atoms with Crippen molar-refractivity contribution in [2.24, 2.45) is 5.73 Å². The molecule has 1 aromatic heterocycles. The maximum Gasteiger partial charge on any atom is 0.128 e. The lowest BCUT2D eigenvalue weighted by molar-refractivity contribution is 0.204. The molecule has 2 N–H and O–H groups in total. The zero-order valence-electron chi connectivity index (χ0n) is 12.0. The Labute approximate surface area is 123 Å². The number of aromatic nitrogens is 1. The highest BCUT2D eigenvalue weighted by Gasteiger charge is 2.24. The van der Waals surface area contributed by atoms with Crippen LogP contribution in [0.2, 0.25) is 0 Å². The molecule has 0 radical (unpaired) electrons. The molecule has 0 aliphatic carbocycles. The summed E-state index contributed by atoms with van der Waals surface area (Å²) in [5.41, 5.74) is 7.70. The van der Waals surface area contributed by atoms with Crippen molar-refractivity contribution >= 4 is 11.3 Å². The fraction of sp³-hybridized carbons (Fsp3) is 0.400. The number of likely N-dealkylation sites (N-methyl/N-ethyl adjacent to an activating group) is 1. The molecule has 0 bridgehead atoms. The second-order valence-corrected chi connectivity index (χ2v) is 6.16. The third-order valence-corrected chi connectivity index (χ3v) is 4.10. The molecule has 2 atom stereocenters. The van der Waals surface area contributed by atoms with E-state index in [2.05, 4.69) is 9.88 Å². The van der Waals surface area contributed by atoms with Crippen molar-refractivity contribution in [3.63, 3.8) is 0 Å². The molecule has 2 rings (SSSR count). The molecule has 3 nitrogen and oxygen atoms in total. The highest BCUT2D eigenvalue weighted by Crippen LogP contribution is 2.26. The van der Waals surface area contributed by atoms with Gasteiger partial charge in [-0.05, 0) is 27.0 Å². The minimum atomic E-state index is -0.212. The van der Waals surface area contributed by atoms with Crippen LogP contribution in [0.25, 0.3) is 0 Å². The van der Waals surface area contributed by atoms with Crippen molar-refractivity contribution in [2.75, 3.05) is 7.05 Å². The lowest BCUT2D eigenvalue weighted by atomic mass is 9.99. The van der Waals surface area contributed by atoms with Crippen LogP contribution in [0.3, 0.4) is 0 Å². The van der Waals surface area contributed by atoms with Crippen LogP contribution in [0.15, 0.2) is 29.6 Å². The minimum absolute atomic E-state index is 0.168. The standard InChI is InChI=1S/C15H20FN3S/c1-10(17)15(13-6-4-5-7-14(13)16)19(3)8-12-9-20-11(2)18-12/h4-7,9-10,15H,8,17H2,1-3H3. The van der Waals surface area contributed by atoms with Crippen molar-refractivity contribution in [3.8, 4) is 0 Å². The summed E-state index contributed by atoms with van der Waals surface area (Å²) in [6.07, 6.45) is 0. The third kappa shape index (κ3) is 3.42. The summed E-state index contributed by atoms with van der Waals surface area (Å²) < 4.78 is 14.0. The van der Waals surface area contributed by atoms with Crippen molar-refractivity contribution in [3.05, 3.63) is 51.7 Å². The predicted molar refractivity (Wildman–Crippen MR) is 81.1 cm³/mol. The number of nitrogens with two attached hydrogens (primary N) is 1. The van der Waals surface area contributed by atoms with Crippen molar-refractivity contribution in [1.82, 2.24) is 9.88 Å². The molecular weight excluding hydrogens is 273 g/mol. The first-order chi connectivity index (χ1) is 9.49. The number of rotatable bonds is 5. The van der Waals surface area contributed by atoms with Crippen molar-refractivity contribution < 1.29 is 4.39 Å². The van der Waals surface area contributed by atoms with Gasteiger partial charge in [-0.1, -0.05) is 18.2 Å². The normalized spacial score (nSPS) is 14.5. The topological polar surface area (TPSA) is 42.2 Å². The molecule has 0 saturated carbocycles. The van der Waals surface area contributed by atoms with E-state index in [9.17, 15) is 4.39 Å². The maximum absolute atomic E-state index is 14.0. The van der Waals surface area contributed by atoms with Gasteiger partial charge in [-0.3, -0.25) is 4.90 Å². The van der Waals surface area contributed by atoms with Gasteiger partial charge in [0.15, 0.2) is 0 Å². The second kappa shape index (κ2) is 6.43. The van der Waals surface area contributed by atoms with Gasteiger partial charge < -0.3 is 5.73 Å². The summed E-state index contributed by atoms with van der Waals surface area (Å²) in [6, 6.07) is 6.47. The van der Waals surface area contributed by atoms with E-state index in [4.69, 9.17) is 5.73 Å². The lowest BCUT2D eigenvalue weighted by Gasteiger charge is -2.31. The van der Waals surface area contributed by atoms with E-state index in [0.29, 0.717) is 12.1 Å². The molecule has 0 saturated heterocycles. The second-order valence-electron chi connectivity index (χ2n) is 5.10. The van der Waals surface area contributed by atoms with Gasteiger partial charge in [0, 0.05) is 23.5 Å². The number of hydrogen-bond donors (Lipinski definition) is 1. The van der Waals surface area contributed by atoms with E-state index in [1.165, 1.54) is 6.07 Å². The van der Waals surface area contributed by atoms with Crippen LogP contribution in [0.4, 0.5) is 4.39 Å². The molecule has 0 aliphatic heterocycles. The Balaban J connectivity index is 2.22. The summed E-state index contributed by atoms with van der Waals surface area (Å²) in [5.74, 6) is -0.212. The van der Waals surface area contributed by atoms with Gasteiger partial charge in [0.2, 0.25) is 0 Å². The molecular formula is C15H20FN3S. The van der Waals surface area contributed by atoms with Gasteiger partial charge in [0.05, 0.1) is 16.7 Å². The number of aryl methyl sites for hydroxylation is 1. The molecule has 0 amide bonds. The first-order valence-electron chi connectivity index (χ1n) is 6.60. The van der Waals surface area contributed by atoms with E-state index in [-0.39, 0.29) is 17.9 Å². The van der Waals surface area contributed by atoms with Crippen LogP contribution in [0.5, 0.6) is 0 Å². The summed E-state index contributed by atoms with van der Waals surface area (Å²) in [7, 11) is 1.95. The van der Waals surface area contributed by atoms with Crippen molar-refractivity contribution in [1.29, 1.82) is 0 Å². The van der Waals surface area contributed by atoms with E-state index in [1.54, 1.807) is 23.5 Å². The number of thiazole rings is 1. The first-order valence-corrected chi connectivity index (χ1v) is 7.48. The summed E-state index contributed by atoms with van der Waals surface area (Å²) >= 11 is 1.62. The first kappa shape index (κ1) is 15.1. The highest BCUT2D eigenvalue weighted by atomic mass is 32.1. The van der Waals surface area contributed by atoms with Crippen LogP contribution >= 0.6 is 11.3 Å². The van der Waals surface area contributed by atoms with Crippen LogP contribution in [-0.2, 0) is 6.54 Å². The molecule has 20 heavy (non-hydrogen) atoms. The molecule has 2 unspecified atom stereocenters. The van der Waals surface area contributed by atoms with Crippen LogP contribution in [-0.4, -0.2) is 23.0 Å². The zero-order chi connectivity index (χ0) is 14.7. The van der Waals surface area contributed by atoms with E-state index < -0.39 is 0 Å². The molecule has 1 heterocycles. The summed E-state index contributed by atoms with van der Waals surface area (Å²) in [4.78, 5) is 6.50. The molecule has 0 aliphatic rings. The smallest absolute Gasteiger partial charge is 0.128 e. The molecule has 0 fully saturated rings. The zero-order valence-corrected chi connectivity index (χ0v) is 12.8. The van der Waals surface area contributed by atoms with Gasteiger partial charge in [-0.15, -0.1) is 11.3 Å². The maximum atomic E-state index is 14.0. The largest absolute Gasteiger partial charge is 0.326 e. The number of halogens is 1. The van der Waals surface area contributed by atoms with E-state index in [0.717, 1.165) is 10.7 Å². The molecule has 5 heteroatoms. The average molecular weight is 293 g/mol. The van der Waals surface area contributed by atoms with Crippen molar-refractivity contribution in [2.45, 2.75) is 32.5 Å². The highest BCUT2D eigenvalue weighted by molar-refractivity contribution is 7.09. The Morgan fingerprint density at radius 1 is 1.40 bits per heavy atom. The van der Waals surface area contributed by atoms with Crippen LogP contribution in [0, 0.1) is 12.7 Å². The Morgan fingerprint density at radius 3 is 2.65 bits per heavy atom. The Hall–Kier alpha value is -1.30. The van der Waals surface area contributed by atoms with Crippen LogP contribution in [0.1, 0.15) is 29.2 Å². The van der Waals surface area contributed by atoms with Gasteiger partial charge >= 0.3 is 0 Å². The number of nitrogens with zero attached hydrogens (tertiary/aromatic N) is 2. The molecule has 1 aromatic carbocycles. The number of benzene rings is 1. The quantitative estimate of drug-likeness (QED) is 0.921. The Morgan fingerprint density at radius 2 is 2.10 bits per heavy atom. The van der Waals surface area contributed by atoms with Gasteiger partial charge in [-0.25, -0.2) is 9.37 Å². The summed E-state index contributed by atoms with van der Waals surface area (Å²) in [5, 5.41) is 3.07. The molecule has 108 valence electrons. The number of hydrogen-bond acceptors (Lipinski definition) is 4.